The zero-order chi connectivity index (χ0) is 5.91. The molecule has 4 heteroatoms. The number of hydrogen-bond donors (Lipinski definition) is 0. The highest BCUT2D eigenvalue weighted by Gasteiger charge is 2.13. The van der Waals surface area contributed by atoms with Crippen LogP contribution in [-0.2, 0) is 0 Å². The van der Waals surface area contributed by atoms with E-state index in [9.17, 15) is 0 Å². The number of alkyl halides is 3. The quantitative estimate of drug-likeness (QED) is 0.380. The van der Waals surface area contributed by atoms with E-state index < -0.39 is 3.79 Å². The summed E-state index contributed by atoms with van der Waals surface area (Å²) in [6.07, 6.45) is 1.23. The lowest BCUT2D eigenvalue weighted by Gasteiger charge is -1.98. The summed E-state index contributed by atoms with van der Waals surface area (Å²) in [6.45, 7) is 0. The molecule has 0 aromatic heterocycles. The molecule has 0 saturated carbocycles. The van der Waals surface area contributed by atoms with Crippen molar-refractivity contribution in [3.63, 3.8) is 0 Å². The SMILES string of the molecule is CN=CC(Cl)(Cl)Cl. The highest BCUT2D eigenvalue weighted by atomic mass is 35.6. The van der Waals surface area contributed by atoms with Gasteiger partial charge < -0.3 is 0 Å². The van der Waals surface area contributed by atoms with Crippen molar-refractivity contribution in [2.75, 3.05) is 7.05 Å². The average molecular weight is 160 g/mol. The second-order valence-electron chi connectivity index (χ2n) is 0.929. The van der Waals surface area contributed by atoms with Crippen molar-refractivity contribution in [2.45, 2.75) is 3.79 Å². The van der Waals surface area contributed by atoms with Crippen LogP contribution < -0.4 is 0 Å². The number of nitrogens with zero attached hydrogens (tertiary/aromatic N) is 1. The maximum absolute atomic E-state index is 5.21. The van der Waals surface area contributed by atoms with Crippen molar-refractivity contribution in [3.05, 3.63) is 0 Å². The first-order chi connectivity index (χ1) is 3.06. The second kappa shape index (κ2) is 2.75. The van der Waals surface area contributed by atoms with Gasteiger partial charge in [0.15, 0.2) is 0 Å². The maximum atomic E-state index is 5.21. The van der Waals surface area contributed by atoms with E-state index in [0.29, 0.717) is 0 Å². The van der Waals surface area contributed by atoms with E-state index in [1.807, 2.05) is 0 Å². The van der Waals surface area contributed by atoms with Gasteiger partial charge in [-0.3, -0.25) is 4.99 Å². The summed E-state index contributed by atoms with van der Waals surface area (Å²) in [5.74, 6) is 0. The first-order valence-electron chi connectivity index (χ1n) is 1.56. The van der Waals surface area contributed by atoms with Crippen LogP contribution in [0.3, 0.4) is 0 Å². The van der Waals surface area contributed by atoms with Gasteiger partial charge in [0.1, 0.15) is 0 Å². The summed E-state index contributed by atoms with van der Waals surface area (Å²) >= 11 is 15.6. The monoisotopic (exact) mass is 159 g/mol. The molecular formula is C3H4Cl3N. The number of halogens is 3. The van der Waals surface area contributed by atoms with Crippen molar-refractivity contribution in [3.8, 4) is 0 Å². The number of aliphatic imine (C=N–C) groups is 1. The van der Waals surface area contributed by atoms with Crippen LogP contribution in [0.5, 0.6) is 0 Å². The molecule has 0 spiro atoms. The summed E-state index contributed by atoms with van der Waals surface area (Å²) in [6, 6.07) is 0. The molecule has 0 aliphatic rings. The van der Waals surface area contributed by atoms with Gasteiger partial charge in [0.25, 0.3) is 0 Å². The lowest BCUT2D eigenvalue weighted by Crippen LogP contribution is -2.01. The summed E-state index contributed by atoms with van der Waals surface area (Å²) < 4.78 is -1.32. The van der Waals surface area contributed by atoms with E-state index >= 15 is 0 Å². The minimum atomic E-state index is -1.32. The van der Waals surface area contributed by atoms with Crippen LogP contribution in [0, 0.1) is 0 Å². The topological polar surface area (TPSA) is 12.4 Å². The molecule has 0 N–H and O–H groups in total. The van der Waals surface area contributed by atoms with E-state index in [0.717, 1.165) is 0 Å². The first-order valence-corrected chi connectivity index (χ1v) is 2.69. The Labute approximate surface area is 57.3 Å². The van der Waals surface area contributed by atoms with E-state index in [2.05, 4.69) is 4.99 Å². The van der Waals surface area contributed by atoms with Gasteiger partial charge in [-0.1, -0.05) is 34.8 Å². The van der Waals surface area contributed by atoms with E-state index in [1.165, 1.54) is 6.21 Å². The lowest BCUT2D eigenvalue weighted by molar-refractivity contribution is 1.42. The van der Waals surface area contributed by atoms with Crippen LogP contribution in [0.2, 0.25) is 0 Å². The fourth-order valence-electron chi connectivity index (χ4n) is 0.146. The van der Waals surface area contributed by atoms with E-state index in [-0.39, 0.29) is 0 Å². The smallest absolute Gasteiger partial charge is 0.225 e. The summed E-state index contributed by atoms with van der Waals surface area (Å²) in [5.41, 5.74) is 0. The van der Waals surface area contributed by atoms with Gasteiger partial charge in [0.05, 0.1) is 0 Å². The third kappa shape index (κ3) is 6.54. The fraction of sp³-hybridized carbons (Fsp3) is 0.667. The summed E-state index contributed by atoms with van der Waals surface area (Å²) in [7, 11) is 1.54. The molecule has 42 valence electrons. The Morgan fingerprint density at radius 1 is 1.43 bits per heavy atom. The van der Waals surface area contributed by atoms with Crippen LogP contribution >= 0.6 is 34.8 Å². The molecule has 0 unspecified atom stereocenters. The second-order valence-corrected chi connectivity index (χ2v) is 3.30. The summed E-state index contributed by atoms with van der Waals surface area (Å²) in [4.78, 5) is 3.49. The van der Waals surface area contributed by atoms with Crippen LogP contribution in [-0.4, -0.2) is 17.1 Å². The normalized spacial score (nSPS) is 13.1. The molecule has 0 heterocycles. The van der Waals surface area contributed by atoms with E-state index in [4.69, 9.17) is 34.8 Å². The molecule has 7 heavy (non-hydrogen) atoms. The predicted octanol–water partition coefficient (Wildman–Crippen LogP) is 2.06. The Bertz CT molecular complexity index is 72.7. The number of rotatable bonds is 0. The molecule has 0 aromatic carbocycles. The molecule has 0 atom stereocenters. The van der Waals surface area contributed by atoms with Crippen LogP contribution in [0.15, 0.2) is 4.99 Å². The Kier molecular flexibility index (Phi) is 2.96. The summed E-state index contributed by atoms with van der Waals surface area (Å²) in [5, 5.41) is 0. The Morgan fingerprint density at radius 3 is 1.86 bits per heavy atom. The Morgan fingerprint density at radius 2 is 1.86 bits per heavy atom. The third-order valence-corrected chi connectivity index (χ3v) is 0.568. The average Bonchev–Trinajstić information content (AvgIpc) is 1.30. The molecule has 1 nitrogen and oxygen atoms in total. The van der Waals surface area contributed by atoms with Crippen LogP contribution in [0.25, 0.3) is 0 Å². The zero-order valence-corrected chi connectivity index (χ0v) is 5.93. The molecule has 0 fully saturated rings. The highest BCUT2D eigenvalue weighted by molar-refractivity contribution is 6.74. The van der Waals surface area contributed by atoms with E-state index in [1.54, 1.807) is 7.05 Å². The van der Waals surface area contributed by atoms with Gasteiger partial charge in [-0.2, -0.15) is 0 Å². The van der Waals surface area contributed by atoms with Crippen molar-refractivity contribution >= 4 is 41.0 Å². The molecule has 0 bridgehead atoms. The van der Waals surface area contributed by atoms with Crippen molar-refractivity contribution in [2.24, 2.45) is 4.99 Å². The van der Waals surface area contributed by atoms with Gasteiger partial charge in [0.2, 0.25) is 3.79 Å². The van der Waals surface area contributed by atoms with Gasteiger partial charge >= 0.3 is 0 Å². The van der Waals surface area contributed by atoms with Gasteiger partial charge in [0, 0.05) is 13.3 Å². The molecule has 0 aliphatic carbocycles. The molecule has 0 amide bonds. The molecular weight excluding hydrogens is 156 g/mol. The van der Waals surface area contributed by atoms with Gasteiger partial charge in [-0.25, -0.2) is 0 Å². The first kappa shape index (κ1) is 7.54. The Hall–Kier alpha value is 0.540. The fourth-order valence-corrected chi connectivity index (χ4v) is 0.439. The lowest BCUT2D eigenvalue weighted by atomic mass is 10.8. The number of hydrogen-bond acceptors (Lipinski definition) is 1. The molecule has 0 rings (SSSR count). The molecule has 0 radical (unpaired) electrons. The standard InChI is InChI=1S/C3H4Cl3N/c1-7-2-3(4,5)6/h2H,1H3. The van der Waals surface area contributed by atoms with Crippen LogP contribution in [0.4, 0.5) is 0 Å². The van der Waals surface area contributed by atoms with Crippen molar-refractivity contribution in [1.29, 1.82) is 0 Å². The molecule has 0 aromatic rings. The highest BCUT2D eigenvalue weighted by Crippen LogP contribution is 2.22. The minimum Gasteiger partial charge on any atom is -0.296 e. The molecule has 0 saturated heterocycles. The maximum Gasteiger partial charge on any atom is 0.225 e. The molecule has 0 aliphatic heterocycles. The van der Waals surface area contributed by atoms with Crippen molar-refractivity contribution < 1.29 is 0 Å². The largest absolute Gasteiger partial charge is 0.296 e. The van der Waals surface area contributed by atoms with Crippen molar-refractivity contribution in [1.82, 2.24) is 0 Å². The van der Waals surface area contributed by atoms with Crippen LogP contribution in [0.1, 0.15) is 0 Å². The van der Waals surface area contributed by atoms with Gasteiger partial charge in [-0.15, -0.1) is 0 Å². The third-order valence-electron chi connectivity index (χ3n) is 0.275. The zero-order valence-electron chi connectivity index (χ0n) is 3.66. The van der Waals surface area contributed by atoms with Gasteiger partial charge in [-0.05, 0) is 0 Å². The Balaban J connectivity index is 3.56. The minimum absolute atomic E-state index is 1.23. The predicted molar refractivity (Wildman–Crippen MR) is 34.7 cm³/mol.